The minimum Gasteiger partial charge on any atom is -0.378 e. The van der Waals surface area contributed by atoms with E-state index in [9.17, 15) is 27.2 Å². The number of aromatic nitrogens is 3. The SMILES string of the molecule is COCC(F)(F)c1cccc([C@@H](C)Nc2nn(C)c(=O)c3cc(=O)n(C4(C(F)F)CC4)cc23)c1F. The van der Waals surface area contributed by atoms with Crippen LogP contribution in [0.2, 0.25) is 0 Å². The minimum atomic E-state index is -3.57. The molecule has 12 heteroatoms. The topological polar surface area (TPSA) is 78.2 Å². The quantitative estimate of drug-likeness (QED) is 0.477. The van der Waals surface area contributed by atoms with Gasteiger partial charge >= 0.3 is 0 Å². The third-order valence-electron chi connectivity index (χ3n) is 6.30. The van der Waals surface area contributed by atoms with Crippen molar-refractivity contribution in [2.45, 2.75) is 43.7 Å². The molecule has 7 nitrogen and oxygen atoms in total. The molecule has 3 aromatic rings. The Morgan fingerprint density at radius 2 is 1.91 bits per heavy atom. The van der Waals surface area contributed by atoms with Gasteiger partial charge in [-0.3, -0.25) is 9.59 Å². The number of alkyl halides is 4. The molecular formula is C23H23F5N4O3. The van der Waals surface area contributed by atoms with Crippen LogP contribution in [-0.2, 0) is 23.2 Å². The van der Waals surface area contributed by atoms with Crippen LogP contribution in [0.15, 0.2) is 40.1 Å². The first-order valence-electron chi connectivity index (χ1n) is 10.8. The molecule has 0 spiro atoms. The molecule has 1 fully saturated rings. The Morgan fingerprint density at radius 3 is 2.51 bits per heavy atom. The Kier molecular flexibility index (Phi) is 6.20. The zero-order valence-electron chi connectivity index (χ0n) is 19.1. The highest BCUT2D eigenvalue weighted by Crippen LogP contribution is 2.48. The molecule has 1 aromatic carbocycles. The van der Waals surface area contributed by atoms with Crippen molar-refractivity contribution >= 4 is 16.6 Å². The van der Waals surface area contributed by atoms with Gasteiger partial charge in [0, 0.05) is 37.4 Å². The zero-order chi connectivity index (χ0) is 25.7. The number of rotatable bonds is 8. The molecule has 1 N–H and O–H groups in total. The molecule has 188 valence electrons. The first kappa shape index (κ1) is 24.8. The maximum absolute atomic E-state index is 15.1. The molecule has 0 saturated heterocycles. The van der Waals surface area contributed by atoms with E-state index >= 15 is 4.39 Å². The summed E-state index contributed by atoms with van der Waals surface area (Å²) in [7, 11) is 2.41. The van der Waals surface area contributed by atoms with Crippen LogP contribution in [0.3, 0.4) is 0 Å². The van der Waals surface area contributed by atoms with Crippen LogP contribution in [0.25, 0.3) is 10.8 Å². The van der Waals surface area contributed by atoms with Gasteiger partial charge in [0.2, 0.25) is 0 Å². The lowest BCUT2D eigenvalue weighted by molar-refractivity contribution is -0.0722. The van der Waals surface area contributed by atoms with E-state index in [0.29, 0.717) is 0 Å². The van der Waals surface area contributed by atoms with Crippen LogP contribution in [0.5, 0.6) is 0 Å². The summed E-state index contributed by atoms with van der Waals surface area (Å²) in [6, 6.07) is 3.60. The van der Waals surface area contributed by atoms with E-state index in [1.54, 1.807) is 0 Å². The first-order chi connectivity index (χ1) is 16.4. The highest BCUT2D eigenvalue weighted by molar-refractivity contribution is 5.90. The van der Waals surface area contributed by atoms with E-state index in [0.717, 1.165) is 34.7 Å². The summed E-state index contributed by atoms with van der Waals surface area (Å²) in [5.41, 5.74) is -3.98. The summed E-state index contributed by atoms with van der Waals surface area (Å²) >= 11 is 0. The Bertz CT molecular complexity index is 1400. The average molecular weight is 498 g/mol. The Morgan fingerprint density at radius 1 is 1.23 bits per heavy atom. The van der Waals surface area contributed by atoms with Gasteiger partial charge in [0.1, 0.15) is 18.0 Å². The number of ether oxygens (including phenoxy) is 1. The third kappa shape index (κ3) is 4.19. The molecule has 2 heterocycles. The maximum atomic E-state index is 15.1. The van der Waals surface area contributed by atoms with Gasteiger partial charge in [-0.05, 0) is 25.8 Å². The molecule has 35 heavy (non-hydrogen) atoms. The van der Waals surface area contributed by atoms with Crippen LogP contribution in [0, 0.1) is 5.82 Å². The monoisotopic (exact) mass is 498 g/mol. The van der Waals surface area contributed by atoms with Gasteiger partial charge in [-0.25, -0.2) is 17.9 Å². The van der Waals surface area contributed by atoms with Gasteiger partial charge in [0.15, 0.2) is 5.82 Å². The van der Waals surface area contributed by atoms with Crippen molar-refractivity contribution in [1.82, 2.24) is 14.3 Å². The number of hydrogen-bond donors (Lipinski definition) is 1. The molecule has 0 aliphatic heterocycles. The number of fused-ring (bicyclic) bond motifs is 1. The van der Waals surface area contributed by atoms with E-state index in [2.05, 4.69) is 15.2 Å². The number of halogens is 5. The summed E-state index contributed by atoms with van der Waals surface area (Å²) in [6.07, 6.45) is -1.44. The number of pyridine rings is 1. The van der Waals surface area contributed by atoms with E-state index in [4.69, 9.17) is 0 Å². The molecule has 1 atom stereocenters. The third-order valence-corrected chi connectivity index (χ3v) is 6.30. The molecule has 0 bridgehead atoms. The van der Waals surface area contributed by atoms with Crippen LogP contribution in [0.4, 0.5) is 27.8 Å². The molecule has 0 unspecified atom stereocenters. The molecular weight excluding hydrogens is 475 g/mol. The van der Waals surface area contributed by atoms with Crippen LogP contribution in [-0.4, -0.2) is 34.5 Å². The minimum absolute atomic E-state index is 0.00173. The molecule has 1 saturated carbocycles. The molecule has 4 rings (SSSR count). The molecule has 1 aliphatic carbocycles. The largest absolute Gasteiger partial charge is 0.378 e. The average Bonchev–Trinajstić information content (AvgIpc) is 3.59. The van der Waals surface area contributed by atoms with E-state index in [1.807, 2.05) is 0 Å². The summed E-state index contributed by atoms with van der Waals surface area (Å²) in [4.78, 5) is 25.2. The van der Waals surface area contributed by atoms with Gasteiger partial charge in [0.05, 0.1) is 17.0 Å². The smallest absolute Gasteiger partial charge is 0.298 e. The molecule has 0 amide bonds. The Balaban J connectivity index is 1.81. The summed E-state index contributed by atoms with van der Waals surface area (Å²) in [5.74, 6) is -4.71. The van der Waals surface area contributed by atoms with Crippen molar-refractivity contribution in [2.24, 2.45) is 7.05 Å². The Hall–Kier alpha value is -3.28. The van der Waals surface area contributed by atoms with E-state index in [-0.39, 0.29) is 35.0 Å². The van der Waals surface area contributed by atoms with Crippen LogP contribution in [0.1, 0.15) is 36.9 Å². The van der Waals surface area contributed by atoms with Gasteiger partial charge in [-0.1, -0.05) is 12.1 Å². The number of nitrogens with one attached hydrogen (secondary N) is 1. The maximum Gasteiger partial charge on any atom is 0.298 e. The Labute approximate surface area is 196 Å². The lowest BCUT2D eigenvalue weighted by Gasteiger charge is -2.22. The fourth-order valence-corrected chi connectivity index (χ4v) is 4.18. The molecule has 0 radical (unpaired) electrons. The normalized spacial score (nSPS) is 16.0. The van der Waals surface area contributed by atoms with Crippen molar-refractivity contribution in [2.75, 3.05) is 19.0 Å². The highest BCUT2D eigenvalue weighted by atomic mass is 19.3. The molecule has 2 aromatic heterocycles. The predicted molar refractivity (Wildman–Crippen MR) is 119 cm³/mol. The van der Waals surface area contributed by atoms with Crippen LogP contribution >= 0.6 is 0 Å². The second kappa shape index (κ2) is 8.74. The fraction of sp³-hybridized carbons (Fsp3) is 0.435. The number of nitrogens with zero attached hydrogens (tertiary/aromatic N) is 3. The number of hydrogen-bond acceptors (Lipinski definition) is 5. The number of benzene rings is 1. The lowest BCUT2D eigenvalue weighted by Crippen LogP contribution is -2.36. The summed E-state index contributed by atoms with van der Waals surface area (Å²) in [5, 5.41) is 7.00. The van der Waals surface area contributed by atoms with Gasteiger partial charge in [0.25, 0.3) is 23.5 Å². The van der Waals surface area contributed by atoms with Crippen molar-refractivity contribution in [3.05, 3.63) is 68.1 Å². The number of methoxy groups -OCH3 is 1. The van der Waals surface area contributed by atoms with Gasteiger partial charge in [-0.15, -0.1) is 0 Å². The highest BCUT2D eigenvalue weighted by Gasteiger charge is 2.53. The summed E-state index contributed by atoms with van der Waals surface area (Å²) in [6.45, 7) is 0.485. The first-order valence-corrected chi connectivity index (χ1v) is 10.8. The van der Waals surface area contributed by atoms with Crippen molar-refractivity contribution in [3.8, 4) is 0 Å². The summed E-state index contributed by atoms with van der Waals surface area (Å²) < 4.78 is 77.5. The fourth-order valence-electron chi connectivity index (χ4n) is 4.18. The van der Waals surface area contributed by atoms with Crippen molar-refractivity contribution < 1.29 is 26.7 Å². The van der Waals surface area contributed by atoms with Gasteiger partial charge < -0.3 is 14.6 Å². The number of aryl methyl sites for hydroxylation is 1. The molecule has 1 aliphatic rings. The van der Waals surface area contributed by atoms with Crippen molar-refractivity contribution in [1.29, 1.82) is 0 Å². The lowest BCUT2D eigenvalue weighted by atomic mass is 10.00. The van der Waals surface area contributed by atoms with Crippen molar-refractivity contribution in [3.63, 3.8) is 0 Å². The standard InChI is InChI=1S/C23H23F5N4O3/c1-12(13-5-4-6-16(18(13)24)23(27,28)11-35-3)29-19-15-10-32(22(7-8-22)21(25)26)17(33)9-14(15)20(34)31(2)30-19/h4-6,9-10,12,21H,7-8,11H2,1-3H3,(H,29,30)/t12-/m1/s1. The van der Waals surface area contributed by atoms with E-state index < -0.39 is 53.0 Å². The second-order valence-electron chi connectivity index (χ2n) is 8.70. The number of anilines is 1. The van der Waals surface area contributed by atoms with Gasteiger partial charge in [-0.2, -0.15) is 13.9 Å². The van der Waals surface area contributed by atoms with E-state index in [1.165, 1.54) is 26.1 Å². The van der Waals surface area contributed by atoms with Crippen LogP contribution < -0.4 is 16.4 Å². The second-order valence-corrected chi connectivity index (χ2v) is 8.70. The predicted octanol–water partition coefficient (Wildman–Crippen LogP) is 3.90. The zero-order valence-corrected chi connectivity index (χ0v) is 19.1.